The van der Waals surface area contributed by atoms with Crippen LogP contribution >= 0.6 is 0 Å². The number of nitrogens with zero attached hydrogens (tertiary/aromatic N) is 2. The van der Waals surface area contributed by atoms with E-state index in [1.165, 1.54) is 0 Å². The van der Waals surface area contributed by atoms with Crippen molar-refractivity contribution in [1.82, 2.24) is 4.98 Å². The fourth-order valence-corrected chi connectivity index (χ4v) is 1.17. The molecule has 1 aromatic heterocycles. The summed E-state index contributed by atoms with van der Waals surface area (Å²) in [5.41, 5.74) is 2.83. The van der Waals surface area contributed by atoms with Crippen molar-refractivity contribution < 1.29 is 0 Å². The lowest BCUT2D eigenvalue weighted by Crippen LogP contribution is -1.88. The Balaban J connectivity index is 3.20. The molecule has 0 aliphatic heterocycles. The zero-order valence-corrected chi connectivity index (χ0v) is 8.57. The standard InChI is InChI=1S/C12H14N2/c1-4-7-11(10(2)13-3)12-8-5-6-9-14-12/h4-9H,3H2,1-2H3/b7-4-,11-10+. The highest BCUT2D eigenvalue weighted by Crippen LogP contribution is 2.18. The van der Waals surface area contributed by atoms with E-state index in [0.717, 1.165) is 17.0 Å². The first-order valence-electron chi connectivity index (χ1n) is 4.51. The van der Waals surface area contributed by atoms with Gasteiger partial charge in [-0.3, -0.25) is 9.98 Å². The van der Waals surface area contributed by atoms with Gasteiger partial charge in [-0.15, -0.1) is 0 Å². The van der Waals surface area contributed by atoms with Crippen LogP contribution in [0.2, 0.25) is 0 Å². The Morgan fingerprint density at radius 1 is 1.50 bits per heavy atom. The number of hydrogen-bond donors (Lipinski definition) is 0. The van der Waals surface area contributed by atoms with Crippen molar-refractivity contribution >= 4 is 12.3 Å². The maximum Gasteiger partial charge on any atom is 0.0720 e. The van der Waals surface area contributed by atoms with E-state index in [-0.39, 0.29) is 0 Å². The number of allylic oxidation sites excluding steroid dienone is 4. The normalized spacial score (nSPS) is 12.7. The second kappa shape index (κ2) is 5.12. The van der Waals surface area contributed by atoms with Gasteiger partial charge in [-0.25, -0.2) is 0 Å². The average molecular weight is 186 g/mol. The van der Waals surface area contributed by atoms with Crippen LogP contribution in [0.4, 0.5) is 0 Å². The molecule has 1 rings (SSSR count). The number of aliphatic imine (C=N–C) groups is 1. The summed E-state index contributed by atoms with van der Waals surface area (Å²) in [5, 5.41) is 0. The summed E-state index contributed by atoms with van der Waals surface area (Å²) < 4.78 is 0. The summed E-state index contributed by atoms with van der Waals surface area (Å²) in [5.74, 6) is 0. The van der Waals surface area contributed by atoms with Gasteiger partial charge in [0.2, 0.25) is 0 Å². The molecule has 0 radical (unpaired) electrons. The maximum atomic E-state index is 4.27. The van der Waals surface area contributed by atoms with Gasteiger partial charge in [-0.05, 0) is 32.7 Å². The monoisotopic (exact) mass is 186 g/mol. The number of rotatable bonds is 3. The second-order valence-electron chi connectivity index (χ2n) is 2.87. The van der Waals surface area contributed by atoms with Crippen LogP contribution in [-0.2, 0) is 0 Å². The molecule has 2 nitrogen and oxygen atoms in total. The fraction of sp³-hybridized carbons (Fsp3) is 0.167. The maximum absolute atomic E-state index is 4.27. The summed E-state index contributed by atoms with van der Waals surface area (Å²) >= 11 is 0. The van der Waals surface area contributed by atoms with Crippen LogP contribution in [0.5, 0.6) is 0 Å². The molecule has 2 heteroatoms. The predicted molar refractivity (Wildman–Crippen MR) is 61.2 cm³/mol. The lowest BCUT2D eigenvalue weighted by atomic mass is 10.1. The van der Waals surface area contributed by atoms with Crippen LogP contribution in [-0.4, -0.2) is 11.7 Å². The van der Waals surface area contributed by atoms with Crippen molar-refractivity contribution in [2.45, 2.75) is 13.8 Å². The summed E-state index contributed by atoms with van der Waals surface area (Å²) in [6.07, 6.45) is 5.74. The van der Waals surface area contributed by atoms with Crippen molar-refractivity contribution in [1.29, 1.82) is 0 Å². The molecular formula is C12H14N2. The van der Waals surface area contributed by atoms with Crippen LogP contribution in [0.3, 0.4) is 0 Å². The number of hydrogen-bond acceptors (Lipinski definition) is 2. The minimum atomic E-state index is 0.891. The third-order valence-electron chi connectivity index (χ3n) is 1.90. The van der Waals surface area contributed by atoms with E-state index in [4.69, 9.17) is 0 Å². The van der Waals surface area contributed by atoms with Crippen LogP contribution < -0.4 is 0 Å². The van der Waals surface area contributed by atoms with Gasteiger partial charge in [0, 0.05) is 17.5 Å². The quantitative estimate of drug-likeness (QED) is 0.526. The topological polar surface area (TPSA) is 25.2 Å². The minimum absolute atomic E-state index is 0.891. The number of pyridine rings is 1. The second-order valence-corrected chi connectivity index (χ2v) is 2.87. The molecule has 0 atom stereocenters. The van der Waals surface area contributed by atoms with Gasteiger partial charge in [-0.2, -0.15) is 0 Å². The lowest BCUT2D eigenvalue weighted by molar-refractivity contribution is 1.24. The molecule has 0 aliphatic carbocycles. The van der Waals surface area contributed by atoms with Crippen molar-refractivity contribution in [3.8, 4) is 0 Å². The minimum Gasteiger partial charge on any atom is -0.269 e. The first kappa shape index (κ1) is 10.4. The first-order valence-corrected chi connectivity index (χ1v) is 4.51. The molecule has 0 aliphatic rings. The van der Waals surface area contributed by atoms with Gasteiger partial charge in [-0.1, -0.05) is 18.2 Å². The van der Waals surface area contributed by atoms with E-state index in [1.807, 2.05) is 44.2 Å². The molecule has 72 valence electrons. The van der Waals surface area contributed by atoms with Gasteiger partial charge in [0.05, 0.1) is 5.69 Å². The van der Waals surface area contributed by atoms with E-state index in [0.29, 0.717) is 0 Å². The Bertz CT molecular complexity index is 361. The molecule has 0 N–H and O–H groups in total. The zero-order chi connectivity index (χ0) is 10.4. The highest BCUT2D eigenvalue weighted by atomic mass is 14.7. The predicted octanol–water partition coefficient (Wildman–Crippen LogP) is 3.09. The Kier molecular flexibility index (Phi) is 3.80. The zero-order valence-electron chi connectivity index (χ0n) is 8.57. The molecule has 0 bridgehead atoms. The Morgan fingerprint density at radius 3 is 2.79 bits per heavy atom. The molecule has 0 amide bonds. The van der Waals surface area contributed by atoms with Crippen LogP contribution in [0.1, 0.15) is 19.5 Å². The Morgan fingerprint density at radius 2 is 2.29 bits per heavy atom. The summed E-state index contributed by atoms with van der Waals surface area (Å²) in [6, 6.07) is 5.82. The number of aromatic nitrogens is 1. The molecule has 14 heavy (non-hydrogen) atoms. The highest BCUT2D eigenvalue weighted by Gasteiger charge is 2.01. The molecule has 0 fully saturated rings. The largest absolute Gasteiger partial charge is 0.269 e. The smallest absolute Gasteiger partial charge is 0.0720 e. The summed E-state index contributed by atoms with van der Waals surface area (Å²) in [7, 11) is 0. The van der Waals surface area contributed by atoms with Crippen molar-refractivity contribution in [3.05, 3.63) is 47.9 Å². The van der Waals surface area contributed by atoms with E-state index in [1.54, 1.807) is 6.20 Å². The van der Waals surface area contributed by atoms with Gasteiger partial charge >= 0.3 is 0 Å². The van der Waals surface area contributed by atoms with E-state index >= 15 is 0 Å². The molecule has 0 spiro atoms. The van der Waals surface area contributed by atoms with Gasteiger partial charge in [0.1, 0.15) is 0 Å². The molecule has 0 saturated carbocycles. The molecule has 0 unspecified atom stereocenters. The van der Waals surface area contributed by atoms with E-state index < -0.39 is 0 Å². The van der Waals surface area contributed by atoms with Gasteiger partial charge < -0.3 is 0 Å². The SMILES string of the molecule is C=N/C(C)=C(\C=C/C)c1ccccn1. The third kappa shape index (κ3) is 2.39. The third-order valence-corrected chi connectivity index (χ3v) is 1.90. The van der Waals surface area contributed by atoms with Gasteiger partial charge in [0.25, 0.3) is 0 Å². The van der Waals surface area contributed by atoms with Crippen molar-refractivity contribution in [2.24, 2.45) is 4.99 Å². The van der Waals surface area contributed by atoms with E-state index in [9.17, 15) is 0 Å². The summed E-state index contributed by atoms with van der Waals surface area (Å²) in [6.45, 7) is 7.42. The molecule has 0 aromatic carbocycles. The Hall–Kier alpha value is -1.70. The lowest BCUT2D eigenvalue weighted by Gasteiger charge is -2.03. The molecular weight excluding hydrogens is 172 g/mol. The average Bonchev–Trinajstić information content (AvgIpc) is 2.26. The van der Waals surface area contributed by atoms with Gasteiger partial charge in [0.15, 0.2) is 0 Å². The summed E-state index contributed by atoms with van der Waals surface area (Å²) in [4.78, 5) is 8.19. The first-order chi connectivity index (χ1) is 6.79. The van der Waals surface area contributed by atoms with E-state index in [2.05, 4.69) is 16.7 Å². The molecule has 1 heterocycles. The van der Waals surface area contributed by atoms with Crippen molar-refractivity contribution in [2.75, 3.05) is 0 Å². The van der Waals surface area contributed by atoms with Crippen LogP contribution in [0.15, 0.2) is 47.2 Å². The highest BCUT2D eigenvalue weighted by molar-refractivity contribution is 5.74. The van der Waals surface area contributed by atoms with Crippen LogP contribution in [0.25, 0.3) is 5.57 Å². The van der Waals surface area contributed by atoms with Crippen LogP contribution in [0, 0.1) is 0 Å². The Labute approximate surface area is 84.7 Å². The molecule has 1 aromatic rings. The molecule has 0 saturated heterocycles. The fourth-order valence-electron chi connectivity index (χ4n) is 1.17. The van der Waals surface area contributed by atoms with Crippen molar-refractivity contribution in [3.63, 3.8) is 0 Å².